The minimum Gasteiger partial charge on any atom is -0.494 e. The fourth-order valence-electron chi connectivity index (χ4n) is 3.78. The number of ether oxygens (including phenoxy) is 2. The Morgan fingerprint density at radius 1 is 1.16 bits per heavy atom. The number of hydrogen-bond donors (Lipinski definition) is 1. The van der Waals surface area contributed by atoms with Crippen molar-refractivity contribution in [3.63, 3.8) is 0 Å². The van der Waals surface area contributed by atoms with Gasteiger partial charge in [-0.15, -0.1) is 0 Å². The summed E-state index contributed by atoms with van der Waals surface area (Å²) in [6.07, 6.45) is -3.53. The van der Waals surface area contributed by atoms with E-state index < -0.39 is 12.1 Å². The van der Waals surface area contributed by atoms with E-state index in [1.54, 1.807) is 0 Å². The van der Waals surface area contributed by atoms with Gasteiger partial charge < -0.3 is 24.4 Å². The van der Waals surface area contributed by atoms with Gasteiger partial charge in [-0.1, -0.05) is 19.1 Å². The van der Waals surface area contributed by atoms with Crippen LogP contribution in [0.4, 0.5) is 13.2 Å². The highest BCUT2D eigenvalue weighted by molar-refractivity contribution is 5.77. The van der Waals surface area contributed by atoms with Gasteiger partial charge >= 0.3 is 12.1 Å². The molecule has 2 saturated heterocycles. The third kappa shape index (κ3) is 7.98. The molecule has 7 nitrogen and oxygen atoms in total. The van der Waals surface area contributed by atoms with Crippen LogP contribution in [0.15, 0.2) is 24.3 Å². The van der Waals surface area contributed by atoms with Crippen LogP contribution in [0, 0.1) is 5.92 Å². The summed E-state index contributed by atoms with van der Waals surface area (Å²) >= 11 is 0. The second kappa shape index (κ2) is 12.1. The molecule has 0 aliphatic carbocycles. The van der Waals surface area contributed by atoms with E-state index in [-0.39, 0.29) is 12.0 Å². The molecule has 32 heavy (non-hydrogen) atoms. The van der Waals surface area contributed by atoms with Crippen molar-refractivity contribution in [2.45, 2.75) is 39.0 Å². The molecule has 2 aliphatic heterocycles. The molecule has 0 aromatic heterocycles. The molecule has 1 N–H and O–H groups in total. The topological polar surface area (TPSA) is 79.3 Å². The van der Waals surface area contributed by atoms with Gasteiger partial charge in [-0.3, -0.25) is 4.79 Å². The van der Waals surface area contributed by atoms with E-state index in [1.807, 2.05) is 24.0 Å². The second-order valence-electron chi connectivity index (χ2n) is 7.74. The van der Waals surface area contributed by atoms with E-state index in [4.69, 9.17) is 19.4 Å². The SMILES string of the molecule is CCOc1ccc(CCC(=O)N2C[C@@H]3CN(CC)CCO[C@@H]3C2)cc1.O=C(O)C(F)(F)F. The number of carboxylic acid groups (broad SMARTS) is 1. The highest BCUT2D eigenvalue weighted by Crippen LogP contribution is 2.24. The van der Waals surface area contributed by atoms with E-state index in [0.717, 1.165) is 51.5 Å². The quantitative estimate of drug-likeness (QED) is 0.704. The number of nitrogens with zero attached hydrogens (tertiary/aromatic N) is 2. The van der Waals surface area contributed by atoms with Gasteiger partial charge in [0.2, 0.25) is 5.91 Å². The Morgan fingerprint density at radius 2 is 1.81 bits per heavy atom. The zero-order valence-electron chi connectivity index (χ0n) is 18.4. The molecule has 2 aliphatic rings. The molecule has 0 unspecified atom stereocenters. The van der Waals surface area contributed by atoms with Crippen LogP contribution < -0.4 is 4.74 Å². The van der Waals surface area contributed by atoms with Crippen LogP contribution >= 0.6 is 0 Å². The zero-order valence-corrected chi connectivity index (χ0v) is 18.4. The number of aryl methyl sites for hydroxylation is 1. The number of likely N-dealkylation sites (N-methyl/N-ethyl adjacent to an activating group) is 1. The van der Waals surface area contributed by atoms with Crippen molar-refractivity contribution in [2.24, 2.45) is 5.92 Å². The largest absolute Gasteiger partial charge is 0.494 e. The van der Waals surface area contributed by atoms with Crippen molar-refractivity contribution in [2.75, 3.05) is 45.9 Å². The van der Waals surface area contributed by atoms with Crippen LogP contribution in [0.1, 0.15) is 25.8 Å². The number of likely N-dealkylation sites (tertiary alicyclic amines) is 1. The van der Waals surface area contributed by atoms with Crippen LogP contribution in [-0.2, 0) is 20.7 Å². The Balaban J connectivity index is 0.000000451. The normalized spacial score (nSPS) is 21.2. The molecule has 0 radical (unpaired) electrons. The van der Waals surface area contributed by atoms with Crippen LogP contribution in [0.3, 0.4) is 0 Å². The molecule has 2 atom stereocenters. The lowest BCUT2D eigenvalue weighted by Gasteiger charge is -2.21. The lowest BCUT2D eigenvalue weighted by atomic mass is 10.1. The number of hydrogen-bond acceptors (Lipinski definition) is 5. The molecular weight excluding hydrogens is 429 g/mol. The summed E-state index contributed by atoms with van der Waals surface area (Å²) in [6, 6.07) is 8.05. The van der Waals surface area contributed by atoms with Gasteiger partial charge in [0, 0.05) is 38.5 Å². The Labute approximate surface area is 186 Å². The van der Waals surface area contributed by atoms with Crippen molar-refractivity contribution in [1.29, 1.82) is 0 Å². The number of alkyl halides is 3. The number of carbonyl (C=O) groups excluding carboxylic acids is 1. The first kappa shape index (κ1) is 25.9. The molecule has 1 aromatic rings. The van der Waals surface area contributed by atoms with E-state index in [1.165, 1.54) is 5.56 Å². The third-order valence-electron chi connectivity index (χ3n) is 5.52. The Hall–Kier alpha value is -2.33. The first-order chi connectivity index (χ1) is 15.1. The summed E-state index contributed by atoms with van der Waals surface area (Å²) in [4.78, 5) is 25.9. The van der Waals surface area contributed by atoms with Crippen molar-refractivity contribution in [3.8, 4) is 5.75 Å². The van der Waals surface area contributed by atoms with Gasteiger partial charge in [0.15, 0.2) is 0 Å². The maximum absolute atomic E-state index is 12.6. The van der Waals surface area contributed by atoms with E-state index >= 15 is 0 Å². The number of amides is 1. The summed E-state index contributed by atoms with van der Waals surface area (Å²) in [5, 5.41) is 7.12. The smallest absolute Gasteiger partial charge is 0.490 e. The summed E-state index contributed by atoms with van der Waals surface area (Å²) in [6.45, 7) is 10.3. The fourth-order valence-corrected chi connectivity index (χ4v) is 3.78. The number of halogens is 3. The highest BCUT2D eigenvalue weighted by atomic mass is 19.4. The number of rotatable bonds is 6. The lowest BCUT2D eigenvalue weighted by Crippen LogP contribution is -2.33. The zero-order chi connectivity index (χ0) is 23.7. The fraction of sp³-hybridized carbons (Fsp3) is 0.636. The molecule has 1 aromatic carbocycles. The Morgan fingerprint density at radius 3 is 2.38 bits per heavy atom. The lowest BCUT2D eigenvalue weighted by molar-refractivity contribution is -0.192. The van der Waals surface area contributed by atoms with E-state index in [0.29, 0.717) is 18.9 Å². The van der Waals surface area contributed by atoms with Gasteiger partial charge in [-0.05, 0) is 37.6 Å². The monoisotopic (exact) mass is 460 g/mol. The van der Waals surface area contributed by atoms with E-state index in [2.05, 4.69) is 24.0 Å². The number of aliphatic carboxylic acids is 1. The number of carbonyl (C=O) groups is 2. The predicted molar refractivity (Wildman–Crippen MR) is 112 cm³/mol. The molecule has 0 bridgehead atoms. The second-order valence-corrected chi connectivity index (χ2v) is 7.74. The minimum atomic E-state index is -5.08. The summed E-state index contributed by atoms with van der Waals surface area (Å²) in [5.41, 5.74) is 1.18. The maximum Gasteiger partial charge on any atom is 0.490 e. The molecule has 180 valence electrons. The highest BCUT2D eigenvalue weighted by Gasteiger charge is 2.38. The average molecular weight is 460 g/mol. The van der Waals surface area contributed by atoms with Crippen molar-refractivity contribution < 1.29 is 37.3 Å². The van der Waals surface area contributed by atoms with Crippen LogP contribution in [0.2, 0.25) is 0 Å². The van der Waals surface area contributed by atoms with E-state index in [9.17, 15) is 18.0 Å². The number of benzene rings is 1. The first-order valence-corrected chi connectivity index (χ1v) is 10.8. The van der Waals surface area contributed by atoms with Gasteiger partial charge in [0.25, 0.3) is 0 Å². The summed E-state index contributed by atoms with van der Waals surface area (Å²) in [5.74, 6) is -1.17. The molecule has 0 saturated carbocycles. The standard InChI is InChI=1S/C20H30N2O3.C2HF3O2/c1-3-21-11-12-25-19-15-22(14-17(19)13-21)20(23)10-7-16-5-8-18(9-6-16)24-4-2;3-2(4,5)1(6)7/h5-6,8-9,17,19H,3-4,7,10-15H2,1-2H3;(H,6,7)/t17-,19+;/m0./s1. The third-order valence-corrected chi connectivity index (χ3v) is 5.52. The van der Waals surface area contributed by atoms with Crippen molar-refractivity contribution in [3.05, 3.63) is 29.8 Å². The molecule has 1 amide bonds. The van der Waals surface area contributed by atoms with Crippen LogP contribution in [0.5, 0.6) is 5.75 Å². The summed E-state index contributed by atoms with van der Waals surface area (Å²) < 4.78 is 43.2. The number of carboxylic acids is 1. The molecule has 2 fully saturated rings. The van der Waals surface area contributed by atoms with Crippen molar-refractivity contribution >= 4 is 11.9 Å². The molecular formula is C22H31F3N2O5. The predicted octanol–water partition coefficient (Wildman–Crippen LogP) is 2.83. The number of fused-ring (bicyclic) bond motifs is 1. The average Bonchev–Trinajstić information content (AvgIpc) is 3.05. The first-order valence-electron chi connectivity index (χ1n) is 10.8. The summed E-state index contributed by atoms with van der Waals surface area (Å²) in [7, 11) is 0. The van der Waals surface area contributed by atoms with Crippen LogP contribution in [0.25, 0.3) is 0 Å². The minimum absolute atomic E-state index is 0.214. The van der Waals surface area contributed by atoms with Gasteiger partial charge in [0.1, 0.15) is 5.75 Å². The van der Waals surface area contributed by atoms with Gasteiger partial charge in [0.05, 0.1) is 19.3 Å². The molecule has 0 spiro atoms. The molecule has 3 rings (SSSR count). The Bertz CT molecular complexity index is 742. The molecule has 10 heteroatoms. The Kier molecular flexibility index (Phi) is 9.77. The maximum atomic E-state index is 12.6. The van der Waals surface area contributed by atoms with Crippen molar-refractivity contribution in [1.82, 2.24) is 9.80 Å². The molecule has 2 heterocycles. The van der Waals surface area contributed by atoms with Gasteiger partial charge in [-0.25, -0.2) is 4.79 Å². The van der Waals surface area contributed by atoms with Crippen LogP contribution in [-0.4, -0.2) is 85.0 Å². The van der Waals surface area contributed by atoms with Gasteiger partial charge in [-0.2, -0.15) is 13.2 Å².